The van der Waals surface area contributed by atoms with Gasteiger partial charge in [0.25, 0.3) is 5.91 Å². The SMILES string of the molecule is COc1cc(OC)c(CNC(=O)c2ccccc2)c(OC)c1. The molecule has 0 saturated heterocycles. The zero-order valence-corrected chi connectivity index (χ0v) is 12.9. The highest BCUT2D eigenvalue weighted by molar-refractivity contribution is 5.94. The average molecular weight is 301 g/mol. The van der Waals surface area contributed by atoms with Crippen molar-refractivity contribution in [1.29, 1.82) is 0 Å². The Morgan fingerprint density at radius 1 is 0.955 bits per heavy atom. The Kier molecular flexibility index (Phi) is 5.25. The molecule has 0 unspecified atom stereocenters. The number of nitrogens with one attached hydrogen (secondary N) is 1. The maximum Gasteiger partial charge on any atom is 0.251 e. The minimum atomic E-state index is -0.152. The standard InChI is InChI=1S/C17H19NO4/c1-20-13-9-15(21-2)14(16(10-13)22-3)11-18-17(19)12-7-5-4-6-8-12/h4-10H,11H2,1-3H3,(H,18,19). The van der Waals surface area contributed by atoms with Crippen LogP contribution in [0.4, 0.5) is 0 Å². The Balaban J connectivity index is 2.20. The van der Waals surface area contributed by atoms with Gasteiger partial charge in [-0.05, 0) is 12.1 Å². The largest absolute Gasteiger partial charge is 0.496 e. The minimum Gasteiger partial charge on any atom is -0.496 e. The number of carbonyl (C=O) groups is 1. The molecular weight excluding hydrogens is 282 g/mol. The molecule has 0 radical (unpaired) electrons. The Bertz CT molecular complexity index is 615. The quantitative estimate of drug-likeness (QED) is 0.891. The molecule has 5 nitrogen and oxygen atoms in total. The highest BCUT2D eigenvalue weighted by Crippen LogP contribution is 2.33. The number of amides is 1. The summed E-state index contributed by atoms with van der Waals surface area (Å²) in [5, 5.41) is 2.86. The number of rotatable bonds is 6. The lowest BCUT2D eigenvalue weighted by molar-refractivity contribution is 0.0950. The summed E-state index contributed by atoms with van der Waals surface area (Å²) >= 11 is 0. The highest BCUT2D eigenvalue weighted by atomic mass is 16.5. The van der Waals surface area contributed by atoms with E-state index in [-0.39, 0.29) is 5.91 Å². The van der Waals surface area contributed by atoms with Gasteiger partial charge in [0.05, 0.1) is 33.4 Å². The van der Waals surface area contributed by atoms with Crippen molar-refractivity contribution in [3.05, 3.63) is 53.6 Å². The summed E-state index contributed by atoms with van der Waals surface area (Å²) in [7, 11) is 4.71. The first-order valence-corrected chi connectivity index (χ1v) is 6.81. The zero-order valence-electron chi connectivity index (χ0n) is 12.9. The van der Waals surface area contributed by atoms with Gasteiger partial charge in [0.2, 0.25) is 0 Å². The zero-order chi connectivity index (χ0) is 15.9. The molecule has 0 fully saturated rings. The van der Waals surface area contributed by atoms with Crippen LogP contribution >= 0.6 is 0 Å². The third kappa shape index (κ3) is 3.49. The summed E-state index contributed by atoms with van der Waals surface area (Å²) in [6.07, 6.45) is 0. The van der Waals surface area contributed by atoms with Crippen molar-refractivity contribution in [2.24, 2.45) is 0 Å². The molecule has 1 N–H and O–H groups in total. The first-order valence-electron chi connectivity index (χ1n) is 6.81. The molecular formula is C17H19NO4. The molecule has 1 amide bonds. The predicted octanol–water partition coefficient (Wildman–Crippen LogP) is 2.64. The van der Waals surface area contributed by atoms with Crippen LogP contribution in [-0.2, 0) is 6.54 Å². The molecule has 0 heterocycles. The van der Waals surface area contributed by atoms with Gasteiger partial charge in [-0.15, -0.1) is 0 Å². The summed E-state index contributed by atoms with van der Waals surface area (Å²) in [6.45, 7) is 0.296. The van der Waals surface area contributed by atoms with E-state index in [1.807, 2.05) is 18.2 Å². The molecule has 2 aromatic rings. The van der Waals surface area contributed by atoms with Gasteiger partial charge < -0.3 is 19.5 Å². The number of hydrogen-bond acceptors (Lipinski definition) is 4. The van der Waals surface area contributed by atoms with Crippen molar-refractivity contribution >= 4 is 5.91 Å². The van der Waals surface area contributed by atoms with Gasteiger partial charge >= 0.3 is 0 Å². The van der Waals surface area contributed by atoms with Crippen LogP contribution in [-0.4, -0.2) is 27.2 Å². The predicted molar refractivity (Wildman–Crippen MR) is 83.7 cm³/mol. The van der Waals surface area contributed by atoms with E-state index in [1.54, 1.807) is 45.6 Å². The van der Waals surface area contributed by atoms with Gasteiger partial charge in [-0.1, -0.05) is 18.2 Å². The maximum absolute atomic E-state index is 12.1. The van der Waals surface area contributed by atoms with Gasteiger partial charge in [0, 0.05) is 17.7 Å². The Hall–Kier alpha value is -2.69. The maximum atomic E-state index is 12.1. The van der Waals surface area contributed by atoms with Crippen molar-refractivity contribution in [2.45, 2.75) is 6.54 Å². The molecule has 0 saturated carbocycles. The lowest BCUT2D eigenvalue weighted by Gasteiger charge is -2.15. The number of carbonyl (C=O) groups excluding carboxylic acids is 1. The summed E-state index contributed by atoms with van der Waals surface area (Å²) in [6, 6.07) is 12.5. The fourth-order valence-electron chi connectivity index (χ4n) is 2.11. The third-order valence-electron chi connectivity index (χ3n) is 3.28. The first kappa shape index (κ1) is 15.7. The first-order chi connectivity index (χ1) is 10.7. The lowest BCUT2D eigenvalue weighted by Crippen LogP contribution is -2.23. The van der Waals surface area contributed by atoms with Crippen LogP contribution in [0.5, 0.6) is 17.2 Å². The summed E-state index contributed by atoms with van der Waals surface area (Å²) < 4.78 is 15.9. The van der Waals surface area contributed by atoms with Crippen molar-refractivity contribution < 1.29 is 19.0 Å². The Labute approximate surface area is 129 Å². The molecule has 2 aromatic carbocycles. The molecule has 0 aliphatic heterocycles. The van der Waals surface area contributed by atoms with Crippen LogP contribution < -0.4 is 19.5 Å². The van der Waals surface area contributed by atoms with Crippen molar-refractivity contribution in [3.63, 3.8) is 0 Å². The van der Waals surface area contributed by atoms with Crippen molar-refractivity contribution in [1.82, 2.24) is 5.32 Å². The second-order valence-corrected chi connectivity index (χ2v) is 4.56. The molecule has 0 bridgehead atoms. The minimum absolute atomic E-state index is 0.152. The molecule has 0 aliphatic rings. The van der Waals surface area contributed by atoms with E-state index in [4.69, 9.17) is 14.2 Å². The van der Waals surface area contributed by atoms with Crippen molar-refractivity contribution in [3.8, 4) is 17.2 Å². The topological polar surface area (TPSA) is 56.8 Å². The fraction of sp³-hybridized carbons (Fsp3) is 0.235. The smallest absolute Gasteiger partial charge is 0.251 e. The molecule has 0 atom stereocenters. The fourth-order valence-corrected chi connectivity index (χ4v) is 2.11. The van der Waals surface area contributed by atoms with Crippen LogP contribution in [0.3, 0.4) is 0 Å². The average Bonchev–Trinajstić information content (AvgIpc) is 2.59. The van der Waals surface area contributed by atoms with Gasteiger partial charge in [-0.3, -0.25) is 4.79 Å². The second-order valence-electron chi connectivity index (χ2n) is 4.56. The van der Waals surface area contributed by atoms with Gasteiger partial charge in [0.1, 0.15) is 17.2 Å². The van der Waals surface area contributed by atoms with Crippen LogP contribution in [0, 0.1) is 0 Å². The number of benzene rings is 2. The summed E-state index contributed by atoms with van der Waals surface area (Å²) in [5.41, 5.74) is 1.36. The number of hydrogen-bond donors (Lipinski definition) is 1. The van der Waals surface area contributed by atoms with E-state index in [0.29, 0.717) is 29.4 Å². The van der Waals surface area contributed by atoms with Gasteiger partial charge in [0.15, 0.2) is 0 Å². The highest BCUT2D eigenvalue weighted by Gasteiger charge is 2.14. The normalized spacial score (nSPS) is 9.95. The molecule has 0 aromatic heterocycles. The summed E-state index contributed by atoms with van der Waals surface area (Å²) in [5.74, 6) is 1.68. The van der Waals surface area contributed by atoms with E-state index < -0.39 is 0 Å². The monoisotopic (exact) mass is 301 g/mol. The molecule has 116 valence electrons. The molecule has 5 heteroatoms. The van der Waals surface area contributed by atoms with Crippen LogP contribution in [0.15, 0.2) is 42.5 Å². The van der Waals surface area contributed by atoms with E-state index in [2.05, 4.69) is 5.32 Å². The van der Waals surface area contributed by atoms with Crippen LogP contribution in [0.1, 0.15) is 15.9 Å². The Morgan fingerprint density at radius 2 is 1.55 bits per heavy atom. The van der Waals surface area contributed by atoms with E-state index in [1.165, 1.54) is 0 Å². The van der Waals surface area contributed by atoms with E-state index in [0.717, 1.165) is 5.56 Å². The van der Waals surface area contributed by atoms with E-state index in [9.17, 15) is 4.79 Å². The number of ether oxygens (including phenoxy) is 3. The van der Waals surface area contributed by atoms with Crippen LogP contribution in [0.25, 0.3) is 0 Å². The van der Waals surface area contributed by atoms with E-state index >= 15 is 0 Å². The molecule has 0 aliphatic carbocycles. The molecule has 22 heavy (non-hydrogen) atoms. The van der Waals surface area contributed by atoms with Crippen molar-refractivity contribution in [2.75, 3.05) is 21.3 Å². The molecule has 0 spiro atoms. The Morgan fingerprint density at radius 3 is 2.05 bits per heavy atom. The van der Waals surface area contributed by atoms with Gasteiger partial charge in [-0.25, -0.2) is 0 Å². The third-order valence-corrected chi connectivity index (χ3v) is 3.28. The van der Waals surface area contributed by atoms with Crippen LogP contribution in [0.2, 0.25) is 0 Å². The number of methoxy groups -OCH3 is 3. The lowest BCUT2D eigenvalue weighted by atomic mass is 10.1. The molecule has 2 rings (SSSR count). The second kappa shape index (κ2) is 7.36. The van der Waals surface area contributed by atoms with Gasteiger partial charge in [-0.2, -0.15) is 0 Å². The summed E-state index contributed by atoms with van der Waals surface area (Å²) in [4.78, 5) is 12.1.